The van der Waals surface area contributed by atoms with Crippen LogP contribution in [0.4, 0.5) is 4.39 Å². The van der Waals surface area contributed by atoms with Crippen LogP contribution in [0.5, 0.6) is 0 Å². The van der Waals surface area contributed by atoms with Crippen molar-refractivity contribution in [2.45, 2.75) is 12.5 Å². The third-order valence-corrected chi connectivity index (χ3v) is 4.60. The summed E-state index contributed by atoms with van der Waals surface area (Å²) in [6.45, 7) is 3.64. The Hall–Kier alpha value is -0.490. The lowest BCUT2D eigenvalue weighted by Gasteiger charge is -2.30. The van der Waals surface area contributed by atoms with E-state index in [0.717, 1.165) is 24.1 Å². The predicted molar refractivity (Wildman–Crippen MR) is 84.1 cm³/mol. The van der Waals surface area contributed by atoms with Crippen LogP contribution in [0.3, 0.4) is 0 Å². The molecule has 0 spiro atoms. The molecule has 1 aliphatic heterocycles. The Bertz CT molecular complexity index is 455. The molecule has 1 aromatic carbocycles. The van der Waals surface area contributed by atoms with Gasteiger partial charge in [-0.3, -0.25) is 4.90 Å². The number of hydrogen-bond donors (Lipinski definition) is 1. The van der Waals surface area contributed by atoms with Crippen molar-refractivity contribution in [3.63, 3.8) is 0 Å². The summed E-state index contributed by atoms with van der Waals surface area (Å²) < 4.78 is 14.9. The number of nitrogens with zero attached hydrogens (tertiary/aromatic N) is 2. The van der Waals surface area contributed by atoms with Gasteiger partial charge in [-0.05, 0) is 51.2 Å². The smallest absolute Gasteiger partial charge is 0.128 e. The largest absolute Gasteiger partial charge is 0.329 e. The molecule has 0 aromatic heterocycles. The monoisotopic (exact) mass is 343 g/mol. The highest BCUT2D eigenvalue weighted by Gasteiger charge is 2.25. The van der Waals surface area contributed by atoms with Crippen molar-refractivity contribution >= 4 is 15.9 Å². The Morgan fingerprint density at radius 2 is 2.30 bits per heavy atom. The van der Waals surface area contributed by atoms with Crippen molar-refractivity contribution in [3.05, 3.63) is 34.1 Å². The number of halogens is 2. The molecule has 2 N–H and O–H groups in total. The first kappa shape index (κ1) is 15.9. The van der Waals surface area contributed by atoms with E-state index in [1.54, 1.807) is 6.07 Å². The molecule has 0 saturated carbocycles. The van der Waals surface area contributed by atoms with Gasteiger partial charge in [0.2, 0.25) is 0 Å². The van der Waals surface area contributed by atoms with E-state index in [1.807, 2.05) is 13.1 Å². The number of likely N-dealkylation sites (N-methyl/N-ethyl adjacent to an activating group) is 1. The number of hydrogen-bond acceptors (Lipinski definition) is 3. The summed E-state index contributed by atoms with van der Waals surface area (Å²) in [5, 5.41) is 0. The Balaban J connectivity index is 2.08. The van der Waals surface area contributed by atoms with Crippen LogP contribution >= 0.6 is 15.9 Å². The fourth-order valence-electron chi connectivity index (χ4n) is 3.02. The summed E-state index contributed by atoms with van der Waals surface area (Å²) >= 11 is 3.41. The van der Waals surface area contributed by atoms with Crippen molar-refractivity contribution in [2.75, 3.05) is 40.3 Å². The average molecular weight is 344 g/mol. The van der Waals surface area contributed by atoms with Gasteiger partial charge in [0.05, 0.1) is 0 Å². The van der Waals surface area contributed by atoms with Gasteiger partial charge in [-0.2, -0.15) is 0 Å². The molecule has 2 rings (SSSR count). The van der Waals surface area contributed by atoms with Crippen LogP contribution in [0.15, 0.2) is 22.7 Å². The van der Waals surface area contributed by atoms with Crippen LogP contribution in [-0.2, 0) is 0 Å². The van der Waals surface area contributed by atoms with Gasteiger partial charge in [0.15, 0.2) is 0 Å². The van der Waals surface area contributed by atoms with Crippen LogP contribution < -0.4 is 5.73 Å². The molecule has 2 unspecified atom stereocenters. The van der Waals surface area contributed by atoms with E-state index in [0.29, 0.717) is 18.0 Å². The third kappa shape index (κ3) is 3.79. The van der Waals surface area contributed by atoms with Gasteiger partial charge < -0.3 is 10.6 Å². The highest BCUT2D eigenvalue weighted by molar-refractivity contribution is 9.10. The van der Waals surface area contributed by atoms with Gasteiger partial charge in [0.25, 0.3) is 0 Å². The quantitative estimate of drug-likeness (QED) is 0.891. The molecule has 112 valence electrons. The summed E-state index contributed by atoms with van der Waals surface area (Å²) in [7, 11) is 4.19. The number of rotatable bonds is 5. The van der Waals surface area contributed by atoms with Crippen LogP contribution in [0.25, 0.3) is 0 Å². The van der Waals surface area contributed by atoms with Crippen molar-refractivity contribution in [1.82, 2.24) is 9.80 Å². The maximum absolute atomic E-state index is 14.0. The predicted octanol–water partition coefficient (Wildman–Crippen LogP) is 2.47. The lowest BCUT2D eigenvalue weighted by Crippen LogP contribution is -2.35. The molecule has 1 heterocycles. The van der Waals surface area contributed by atoms with Crippen molar-refractivity contribution in [2.24, 2.45) is 11.7 Å². The molecule has 0 bridgehead atoms. The van der Waals surface area contributed by atoms with Gasteiger partial charge >= 0.3 is 0 Å². The second-order valence-electron chi connectivity index (χ2n) is 5.77. The summed E-state index contributed by atoms with van der Waals surface area (Å²) in [6.07, 6.45) is 1.21. The molecule has 2 atom stereocenters. The highest BCUT2D eigenvalue weighted by atomic mass is 79.9. The van der Waals surface area contributed by atoms with E-state index in [9.17, 15) is 4.39 Å². The van der Waals surface area contributed by atoms with E-state index >= 15 is 0 Å². The third-order valence-electron chi connectivity index (χ3n) is 4.11. The summed E-state index contributed by atoms with van der Waals surface area (Å²) in [5.41, 5.74) is 6.57. The van der Waals surface area contributed by atoms with Crippen LogP contribution in [0.2, 0.25) is 0 Å². The van der Waals surface area contributed by atoms with Gasteiger partial charge in [-0.15, -0.1) is 0 Å². The van der Waals surface area contributed by atoms with Gasteiger partial charge in [-0.1, -0.05) is 15.9 Å². The summed E-state index contributed by atoms with van der Waals surface area (Å²) in [4.78, 5) is 4.53. The van der Waals surface area contributed by atoms with E-state index < -0.39 is 0 Å². The average Bonchev–Trinajstić information content (AvgIpc) is 2.80. The van der Waals surface area contributed by atoms with Crippen LogP contribution in [0.1, 0.15) is 18.0 Å². The normalized spacial score (nSPS) is 21.6. The van der Waals surface area contributed by atoms with E-state index in [1.165, 1.54) is 12.5 Å². The Labute approximate surface area is 129 Å². The van der Waals surface area contributed by atoms with E-state index in [4.69, 9.17) is 5.73 Å². The zero-order chi connectivity index (χ0) is 14.7. The molecule has 3 nitrogen and oxygen atoms in total. The van der Waals surface area contributed by atoms with Gasteiger partial charge in [0.1, 0.15) is 5.82 Å². The van der Waals surface area contributed by atoms with Gasteiger partial charge in [-0.25, -0.2) is 4.39 Å². The molecule has 0 aliphatic carbocycles. The van der Waals surface area contributed by atoms with Gasteiger partial charge in [0, 0.05) is 35.7 Å². The molecular weight excluding hydrogens is 321 g/mol. The first-order chi connectivity index (χ1) is 9.51. The minimum absolute atomic E-state index is 0.0709. The van der Waals surface area contributed by atoms with Crippen molar-refractivity contribution < 1.29 is 4.39 Å². The molecule has 0 amide bonds. The lowest BCUT2D eigenvalue weighted by molar-refractivity contribution is 0.208. The minimum atomic E-state index is -0.181. The first-order valence-electron chi connectivity index (χ1n) is 7.05. The van der Waals surface area contributed by atoms with E-state index in [-0.39, 0.29) is 11.9 Å². The van der Waals surface area contributed by atoms with Crippen molar-refractivity contribution in [3.8, 4) is 0 Å². The number of nitrogens with two attached hydrogens (primary N) is 1. The molecule has 1 aliphatic rings. The Morgan fingerprint density at radius 3 is 2.90 bits per heavy atom. The maximum Gasteiger partial charge on any atom is 0.128 e. The minimum Gasteiger partial charge on any atom is -0.329 e. The molecule has 1 aromatic rings. The standard InChI is InChI=1S/C15H23BrFN3/c1-19-6-5-11(9-19)10-20(2)15(8-18)13-7-12(16)3-4-14(13)17/h3-4,7,11,15H,5-6,8-10,18H2,1-2H3. The Kier molecular flexibility index (Phi) is 5.55. The SMILES string of the molecule is CN1CCC(CN(C)C(CN)c2cc(Br)ccc2F)C1. The van der Waals surface area contributed by atoms with Crippen LogP contribution in [0, 0.1) is 11.7 Å². The Morgan fingerprint density at radius 1 is 1.55 bits per heavy atom. The summed E-state index contributed by atoms with van der Waals surface area (Å²) in [6, 6.07) is 4.99. The first-order valence-corrected chi connectivity index (χ1v) is 7.84. The zero-order valence-electron chi connectivity index (χ0n) is 12.1. The summed E-state index contributed by atoms with van der Waals surface area (Å²) in [5.74, 6) is 0.466. The van der Waals surface area contributed by atoms with E-state index in [2.05, 4.69) is 32.8 Å². The number of likely N-dealkylation sites (tertiary alicyclic amines) is 1. The second-order valence-corrected chi connectivity index (χ2v) is 6.69. The van der Waals surface area contributed by atoms with Crippen LogP contribution in [-0.4, -0.2) is 50.1 Å². The van der Waals surface area contributed by atoms with Crippen molar-refractivity contribution in [1.29, 1.82) is 0 Å². The molecule has 1 fully saturated rings. The second kappa shape index (κ2) is 6.98. The molecule has 0 radical (unpaired) electrons. The molecule has 5 heteroatoms. The maximum atomic E-state index is 14.0. The molecule has 20 heavy (non-hydrogen) atoms. The lowest BCUT2D eigenvalue weighted by atomic mass is 10.0. The topological polar surface area (TPSA) is 32.5 Å². The fourth-order valence-corrected chi connectivity index (χ4v) is 3.40. The fraction of sp³-hybridized carbons (Fsp3) is 0.600. The molecular formula is C15H23BrFN3. The highest BCUT2D eigenvalue weighted by Crippen LogP contribution is 2.26. The zero-order valence-corrected chi connectivity index (χ0v) is 13.7. The molecule has 1 saturated heterocycles. The number of benzene rings is 1.